The highest BCUT2D eigenvalue weighted by molar-refractivity contribution is 5.91. The fraction of sp³-hybridized carbons (Fsp3) is 0.625. The molecule has 0 bridgehead atoms. The van der Waals surface area contributed by atoms with E-state index in [1.165, 1.54) is 6.20 Å². The number of aromatic nitrogens is 3. The lowest BCUT2D eigenvalue weighted by Crippen LogP contribution is -2.37. The molecular weight excluding hydrogens is 198 g/mol. The van der Waals surface area contributed by atoms with E-state index in [1.54, 1.807) is 12.0 Å². The number of H-pyrrole nitrogens is 1. The number of methoxy groups -OCH3 is 1. The molecule has 0 aliphatic heterocycles. The summed E-state index contributed by atoms with van der Waals surface area (Å²) in [6.45, 7) is 1.87. The molecule has 0 aliphatic rings. The standard InChI is InChI=1S/C8H15N5O2/c1-15-5-4-13(3-2-9)8(14)7-6-10-12-11-7/h6H,2-5,9H2,1H3,(H,10,11,12). The van der Waals surface area contributed by atoms with Crippen LogP contribution in [0.1, 0.15) is 10.5 Å². The minimum Gasteiger partial charge on any atom is -0.383 e. The minimum atomic E-state index is -0.189. The molecular formula is C8H15N5O2. The summed E-state index contributed by atoms with van der Waals surface area (Å²) >= 11 is 0. The molecule has 0 fully saturated rings. The first-order chi connectivity index (χ1) is 7.29. The summed E-state index contributed by atoms with van der Waals surface area (Å²) in [5.41, 5.74) is 5.71. The molecule has 0 spiro atoms. The maximum Gasteiger partial charge on any atom is 0.276 e. The summed E-state index contributed by atoms with van der Waals surface area (Å²) in [6, 6.07) is 0. The summed E-state index contributed by atoms with van der Waals surface area (Å²) in [7, 11) is 1.58. The number of nitrogens with zero attached hydrogens (tertiary/aromatic N) is 3. The maximum absolute atomic E-state index is 11.8. The van der Waals surface area contributed by atoms with Crippen LogP contribution in [0.25, 0.3) is 0 Å². The Labute approximate surface area is 87.6 Å². The van der Waals surface area contributed by atoms with Gasteiger partial charge in [-0.15, -0.1) is 0 Å². The van der Waals surface area contributed by atoms with Crippen molar-refractivity contribution in [3.05, 3.63) is 11.9 Å². The van der Waals surface area contributed by atoms with Gasteiger partial charge in [-0.1, -0.05) is 0 Å². The van der Waals surface area contributed by atoms with E-state index >= 15 is 0 Å². The van der Waals surface area contributed by atoms with Gasteiger partial charge in [0, 0.05) is 26.7 Å². The second-order valence-electron chi connectivity index (χ2n) is 2.93. The molecule has 0 unspecified atom stereocenters. The zero-order chi connectivity index (χ0) is 11.1. The molecule has 1 rings (SSSR count). The Kier molecular flexibility index (Phi) is 4.72. The van der Waals surface area contributed by atoms with Crippen molar-refractivity contribution in [1.29, 1.82) is 0 Å². The number of amides is 1. The van der Waals surface area contributed by atoms with Gasteiger partial charge in [0.2, 0.25) is 0 Å². The fourth-order valence-electron chi connectivity index (χ4n) is 1.14. The molecule has 7 nitrogen and oxygen atoms in total. The van der Waals surface area contributed by atoms with Crippen LogP contribution in [-0.2, 0) is 4.74 Å². The first kappa shape index (κ1) is 11.6. The first-order valence-corrected chi connectivity index (χ1v) is 4.63. The number of aromatic amines is 1. The van der Waals surface area contributed by atoms with Crippen molar-refractivity contribution in [2.24, 2.45) is 5.73 Å². The Morgan fingerprint density at radius 3 is 3.00 bits per heavy atom. The number of hydrogen-bond donors (Lipinski definition) is 2. The Balaban J connectivity index is 2.58. The zero-order valence-electron chi connectivity index (χ0n) is 8.64. The number of nitrogens with one attached hydrogen (secondary N) is 1. The molecule has 1 aromatic rings. The van der Waals surface area contributed by atoms with Gasteiger partial charge in [0.25, 0.3) is 5.91 Å². The van der Waals surface area contributed by atoms with Crippen LogP contribution < -0.4 is 5.73 Å². The van der Waals surface area contributed by atoms with Gasteiger partial charge < -0.3 is 15.4 Å². The van der Waals surface area contributed by atoms with Crippen LogP contribution in [0.4, 0.5) is 0 Å². The second kappa shape index (κ2) is 6.10. The molecule has 0 aromatic carbocycles. The number of hydrogen-bond acceptors (Lipinski definition) is 5. The van der Waals surface area contributed by atoms with Crippen molar-refractivity contribution < 1.29 is 9.53 Å². The second-order valence-corrected chi connectivity index (χ2v) is 2.93. The van der Waals surface area contributed by atoms with Crippen LogP contribution in [0.3, 0.4) is 0 Å². The highest BCUT2D eigenvalue weighted by atomic mass is 16.5. The van der Waals surface area contributed by atoms with Gasteiger partial charge in [-0.05, 0) is 0 Å². The van der Waals surface area contributed by atoms with E-state index in [9.17, 15) is 4.79 Å². The van der Waals surface area contributed by atoms with E-state index in [4.69, 9.17) is 10.5 Å². The van der Waals surface area contributed by atoms with Crippen LogP contribution in [-0.4, -0.2) is 59.6 Å². The number of carbonyl (C=O) groups is 1. The molecule has 84 valence electrons. The number of nitrogens with two attached hydrogens (primary N) is 1. The third-order valence-electron chi connectivity index (χ3n) is 1.89. The van der Waals surface area contributed by atoms with E-state index in [1.807, 2.05) is 0 Å². The van der Waals surface area contributed by atoms with Gasteiger partial charge in [0.05, 0.1) is 12.8 Å². The minimum absolute atomic E-state index is 0.189. The Hall–Kier alpha value is -1.47. The van der Waals surface area contributed by atoms with Crippen molar-refractivity contribution in [3.63, 3.8) is 0 Å². The lowest BCUT2D eigenvalue weighted by molar-refractivity contribution is 0.0695. The zero-order valence-corrected chi connectivity index (χ0v) is 8.64. The Morgan fingerprint density at radius 1 is 1.67 bits per heavy atom. The molecule has 1 heterocycles. The Morgan fingerprint density at radius 2 is 2.47 bits per heavy atom. The van der Waals surface area contributed by atoms with Crippen molar-refractivity contribution in [3.8, 4) is 0 Å². The summed E-state index contributed by atoms with van der Waals surface area (Å²) in [6.07, 6.45) is 1.39. The van der Waals surface area contributed by atoms with Gasteiger partial charge in [-0.25, -0.2) is 0 Å². The highest BCUT2D eigenvalue weighted by Crippen LogP contribution is 1.98. The smallest absolute Gasteiger partial charge is 0.276 e. The van der Waals surface area contributed by atoms with Gasteiger partial charge >= 0.3 is 0 Å². The SMILES string of the molecule is COCCN(CCN)C(=O)c1cn[nH]n1. The van der Waals surface area contributed by atoms with Gasteiger partial charge in [-0.2, -0.15) is 15.4 Å². The first-order valence-electron chi connectivity index (χ1n) is 4.63. The third kappa shape index (κ3) is 3.30. The quantitative estimate of drug-likeness (QED) is 0.622. The maximum atomic E-state index is 11.8. The normalized spacial score (nSPS) is 10.3. The van der Waals surface area contributed by atoms with Crippen molar-refractivity contribution in [1.82, 2.24) is 20.3 Å². The summed E-state index contributed by atoms with van der Waals surface area (Å²) in [4.78, 5) is 13.4. The van der Waals surface area contributed by atoms with Crippen molar-refractivity contribution in [2.75, 3.05) is 33.4 Å². The van der Waals surface area contributed by atoms with E-state index in [2.05, 4.69) is 15.4 Å². The van der Waals surface area contributed by atoms with E-state index in [-0.39, 0.29) is 5.91 Å². The monoisotopic (exact) mass is 213 g/mol. The lowest BCUT2D eigenvalue weighted by atomic mass is 10.3. The van der Waals surface area contributed by atoms with E-state index in [0.717, 1.165) is 0 Å². The number of ether oxygens (including phenoxy) is 1. The predicted molar refractivity (Wildman–Crippen MR) is 53.2 cm³/mol. The largest absolute Gasteiger partial charge is 0.383 e. The van der Waals surface area contributed by atoms with Crippen LogP contribution in [0.2, 0.25) is 0 Å². The summed E-state index contributed by atoms with van der Waals surface area (Å²) in [5, 5.41) is 9.69. The summed E-state index contributed by atoms with van der Waals surface area (Å²) < 4.78 is 4.91. The average molecular weight is 213 g/mol. The third-order valence-corrected chi connectivity index (χ3v) is 1.89. The molecule has 1 amide bonds. The van der Waals surface area contributed by atoms with Crippen LogP contribution in [0.5, 0.6) is 0 Å². The topological polar surface area (TPSA) is 97.1 Å². The van der Waals surface area contributed by atoms with E-state index in [0.29, 0.717) is 31.9 Å². The molecule has 0 saturated heterocycles. The Bertz CT molecular complexity index is 287. The van der Waals surface area contributed by atoms with Crippen molar-refractivity contribution in [2.45, 2.75) is 0 Å². The van der Waals surface area contributed by atoms with Gasteiger partial charge in [0.1, 0.15) is 0 Å². The van der Waals surface area contributed by atoms with Crippen LogP contribution in [0.15, 0.2) is 6.20 Å². The van der Waals surface area contributed by atoms with Gasteiger partial charge in [0.15, 0.2) is 5.69 Å². The molecule has 15 heavy (non-hydrogen) atoms. The lowest BCUT2D eigenvalue weighted by Gasteiger charge is -2.20. The van der Waals surface area contributed by atoms with Crippen molar-refractivity contribution >= 4 is 5.91 Å². The molecule has 0 saturated carbocycles. The molecule has 1 aromatic heterocycles. The van der Waals surface area contributed by atoms with Crippen LogP contribution in [0, 0.1) is 0 Å². The highest BCUT2D eigenvalue weighted by Gasteiger charge is 2.16. The summed E-state index contributed by atoms with van der Waals surface area (Å²) in [5.74, 6) is -0.189. The fourth-order valence-corrected chi connectivity index (χ4v) is 1.14. The van der Waals surface area contributed by atoms with Gasteiger partial charge in [-0.3, -0.25) is 4.79 Å². The number of rotatable bonds is 6. The average Bonchev–Trinajstić information content (AvgIpc) is 2.76. The predicted octanol–water partition coefficient (Wildman–Crippen LogP) is -1.15. The van der Waals surface area contributed by atoms with E-state index < -0.39 is 0 Å². The molecule has 0 atom stereocenters. The molecule has 3 N–H and O–H groups in total. The molecule has 0 radical (unpaired) electrons. The van der Waals surface area contributed by atoms with Crippen LogP contribution >= 0.6 is 0 Å². The molecule has 0 aliphatic carbocycles. The molecule has 7 heteroatoms. The number of carbonyl (C=O) groups excluding carboxylic acids is 1.